The minimum absolute atomic E-state index is 0.0570. The molecule has 0 saturated carbocycles. The van der Waals surface area contributed by atoms with E-state index < -0.39 is 0 Å². The standard InChI is InChI=1S/C17H21ClN2O2/c18-14-7-4-8-15(16(14)20-9-11-22-12-10-20)19-17(21)13-5-2-1-3-6-13/h1-2,4,7-8,13H,3,5-6,9-12H2,(H,19,21)/t13-/m0/s1. The lowest BCUT2D eigenvalue weighted by Crippen LogP contribution is -2.37. The largest absolute Gasteiger partial charge is 0.378 e. The Bertz CT molecular complexity index is 568. The lowest BCUT2D eigenvalue weighted by molar-refractivity contribution is -0.120. The molecule has 4 nitrogen and oxygen atoms in total. The summed E-state index contributed by atoms with van der Waals surface area (Å²) in [4.78, 5) is 14.7. The Morgan fingerprint density at radius 1 is 1.27 bits per heavy atom. The van der Waals surface area contributed by atoms with E-state index in [2.05, 4.69) is 22.4 Å². The van der Waals surface area contributed by atoms with Crippen molar-refractivity contribution in [3.8, 4) is 0 Å². The average Bonchev–Trinajstić information content (AvgIpc) is 2.56. The molecule has 1 heterocycles. The third-order valence-corrected chi connectivity index (χ3v) is 4.52. The molecular weight excluding hydrogens is 300 g/mol. The van der Waals surface area contributed by atoms with Crippen LogP contribution in [0.4, 0.5) is 11.4 Å². The number of carbonyl (C=O) groups excluding carboxylic acids is 1. The van der Waals surface area contributed by atoms with Gasteiger partial charge in [0.2, 0.25) is 5.91 Å². The van der Waals surface area contributed by atoms with Crippen molar-refractivity contribution in [2.75, 3.05) is 36.5 Å². The molecule has 0 spiro atoms. The van der Waals surface area contributed by atoms with E-state index in [0.717, 1.165) is 43.7 Å². The maximum atomic E-state index is 12.5. The van der Waals surface area contributed by atoms with Gasteiger partial charge < -0.3 is 15.0 Å². The van der Waals surface area contributed by atoms with E-state index in [1.54, 1.807) is 0 Å². The molecule has 1 aliphatic heterocycles. The Labute approximate surface area is 136 Å². The first kappa shape index (κ1) is 15.4. The molecule has 0 unspecified atom stereocenters. The van der Waals surface area contributed by atoms with Crippen molar-refractivity contribution in [1.29, 1.82) is 0 Å². The number of halogens is 1. The zero-order valence-electron chi connectivity index (χ0n) is 12.6. The van der Waals surface area contributed by atoms with Crippen LogP contribution < -0.4 is 10.2 Å². The van der Waals surface area contributed by atoms with E-state index in [1.807, 2.05) is 18.2 Å². The molecule has 1 aromatic rings. The summed E-state index contributed by atoms with van der Waals surface area (Å²) in [6, 6.07) is 5.67. The first-order valence-electron chi connectivity index (χ1n) is 7.83. The molecule has 1 aliphatic carbocycles. The third-order valence-electron chi connectivity index (χ3n) is 4.21. The van der Waals surface area contributed by atoms with E-state index in [4.69, 9.17) is 16.3 Å². The highest BCUT2D eigenvalue weighted by molar-refractivity contribution is 6.34. The maximum Gasteiger partial charge on any atom is 0.227 e. The number of ether oxygens (including phenoxy) is 1. The molecule has 0 radical (unpaired) electrons. The van der Waals surface area contributed by atoms with Crippen molar-refractivity contribution in [1.82, 2.24) is 0 Å². The summed E-state index contributed by atoms with van der Waals surface area (Å²) in [6.45, 7) is 2.95. The first-order chi connectivity index (χ1) is 10.8. The summed E-state index contributed by atoms with van der Waals surface area (Å²) < 4.78 is 5.40. The number of carbonyl (C=O) groups is 1. The van der Waals surface area contributed by atoms with Crippen molar-refractivity contribution < 1.29 is 9.53 Å². The number of rotatable bonds is 3. The van der Waals surface area contributed by atoms with Gasteiger partial charge in [0.1, 0.15) is 0 Å². The van der Waals surface area contributed by atoms with Gasteiger partial charge in [0, 0.05) is 19.0 Å². The Morgan fingerprint density at radius 3 is 2.82 bits per heavy atom. The van der Waals surface area contributed by atoms with Gasteiger partial charge in [-0.3, -0.25) is 4.79 Å². The molecule has 22 heavy (non-hydrogen) atoms. The van der Waals surface area contributed by atoms with Crippen LogP contribution in [0.15, 0.2) is 30.4 Å². The van der Waals surface area contributed by atoms with Gasteiger partial charge in [-0.25, -0.2) is 0 Å². The molecule has 0 bridgehead atoms. The van der Waals surface area contributed by atoms with E-state index >= 15 is 0 Å². The monoisotopic (exact) mass is 320 g/mol. The van der Waals surface area contributed by atoms with Crippen LogP contribution in [0.3, 0.4) is 0 Å². The van der Waals surface area contributed by atoms with Crippen molar-refractivity contribution in [2.24, 2.45) is 5.92 Å². The number of hydrogen-bond donors (Lipinski definition) is 1. The van der Waals surface area contributed by atoms with Gasteiger partial charge in [-0.05, 0) is 31.4 Å². The van der Waals surface area contributed by atoms with Crippen molar-refractivity contribution in [2.45, 2.75) is 19.3 Å². The molecular formula is C17H21ClN2O2. The summed E-state index contributed by atoms with van der Waals surface area (Å²) in [5.74, 6) is 0.141. The van der Waals surface area contributed by atoms with E-state index in [0.29, 0.717) is 18.2 Å². The van der Waals surface area contributed by atoms with Crippen LogP contribution in [0.2, 0.25) is 5.02 Å². The molecule has 5 heteroatoms. The van der Waals surface area contributed by atoms with Crippen LogP contribution in [0.1, 0.15) is 19.3 Å². The Balaban J connectivity index is 1.79. The fourth-order valence-electron chi connectivity index (χ4n) is 2.99. The number of allylic oxidation sites excluding steroid dienone is 2. The second-order valence-corrected chi connectivity index (χ2v) is 6.11. The van der Waals surface area contributed by atoms with Crippen LogP contribution in [-0.2, 0) is 9.53 Å². The number of morpholine rings is 1. The zero-order chi connectivity index (χ0) is 15.4. The lowest BCUT2D eigenvalue weighted by atomic mass is 9.93. The number of nitrogens with zero attached hydrogens (tertiary/aromatic N) is 1. The third kappa shape index (κ3) is 3.45. The van der Waals surface area contributed by atoms with Gasteiger partial charge >= 0.3 is 0 Å². The van der Waals surface area contributed by atoms with Crippen LogP contribution in [-0.4, -0.2) is 32.2 Å². The number of hydrogen-bond acceptors (Lipinski definition) is 3. The molecule has 1 saturated heterocycles. The highest BCUT2D eigenvalue weighted by Crippen LogP contribution is 2.35. The normalized spacial score (nSPS) is 21.7. The molecule has 3 rings (SSSR count). The van der Waals surface area contributed by atoms with Crippen LogP contribution in [0.5, 0.6) is 0 Å². The topological polar surface area (TPSA) is 41.6 Å². The minimum Gasteiger partial charge on any atom is -0.378 e. The predicted molar refractivity (Wildman–Crippen MR) is 89.6 cm³/mol. The number of anilines is 2. The number of para-hydroxylation sites is 1. The summed E-state index contributed by atoms with van der Waals surface area (Å²) in [6.07, 6.45) is 6.94. The van der Waals surface area contributed by atoms with Crippen molar-refractivity contribution in [3.05, 3.63) is 35.4 Å². The van der Waals surface area contributed by atoms with Crippen LogP contribution in [0, 0.1) is 5.92 Å². The summed E-state index contributed by atoms with van der Waals surface area (Å²) >= 11 is 6.39. The SMILES string of the molecule is O=C(Nc1cccc(Cl)c1N1CCOCC1)[C@H]1CC=CCC1. The van der Waals surface area contributed by atoms with E-state index in [1.165, 1.54) is 0 Å². The lowest BCUT2D eigenvalue weighted by Gasteiger charge is -2.31. The van der Waals surface area contributed by atoms with Gasteiger partial charge in [0.15, 0.2) is 0 Å². The van der Waals surface area contributed by atoms with Gasteiger partial charge in [0.05, 0.1) is 29.6 Å². The smallest absolute Gasteiger partial charge is 0.227 e. The van der Waals surface area contributed by atoms with Crippen molar-refractivity contribution >= 4 is 28.9 Å². The average molecular weight is 321 g/mol. The number of nitrogens with one attached hydrogen (secondary N) is 1. The van der Waals surface area contributed by atoms with E-state index in [-0.39, 0.29) is 11.8 Å². The Kier molecular flexibility index (Phi) is 5.01. The van der Waals surface area contributed by atoms with Crippen LogP contribution >= 0.6 is 11.6 Å². The highest BCUT2D eigenvalue weighted by atomic mass is 35.5. The van der Waals surface area contributed by atoms with E-state index in [9.17, 15) is 4.79 Å². The van der Waals surface area contributed by atoms with Gasteiger partial charge in [-0.1, -0.05) is 29.8 Å². The van der Waals surface area contributed by atoms with Crippen LogP contribution in [0.25, 0.3) is 0 Å². The van der Waals surface area contributed by atoms with Crippen molar-refractivity contribution in [3.63, 3.8) is 0 Å². The van der Waals surface area contributed by atoms with Gasteiger partial charge in [-0.2, -0.15) is 0 Å². The molecule has 2 aliphatic rings. The fourth-order valence-corrected chi connectivity index (χ4v) is 3.29. The second-order valence-electron chi connectivity index (χ2n) is 5.71. The summed E-state index contributed by atoms with van der Waals surface area (Å²) in [7, 11) is 0. The molecule has 1 fully saturated rings. The molecule has 0 aromatic heterocycles. The molecule has 1 N–H and O–H groups in total. The molecule has 1 atom stereocenters. The molecule has 118 valence electrons. The Morgan fingerprint density at radius 2 is 2.09 bits per heavy atom. The summed E-state index contributed by atoms with van der Waals surface area (Å²) in [5, 5.41) is 3.75. The number of amides is 1. The minimum atomic E-state index is 0.0570. The molecule has 1 aromatic carbocycles. The maximum absolute atomic E-state index is 12.5. The highest BCUT2D eigenvalue weighted by Gasteiger charge is 2.22. The second kappa shape index (κ2) is 7.16. The summed E-state index contributed by atoms with van der Waals surface area (Å²) in [5.41, 5.74) is 1.71. The molecule has 1 amide bonds. The number of benzene rings is 1. The predicted octanol–water partition coefficient (Wildman–Crippen LogP) is 3.47. The quantitative estimate of drug-likeness (QED) is 0.867. The van der Waals surface area contributed by atoms with Gasteiger partial charge in [0.25, 0.3) is 0 Å². The Hall–Kier alpha value is -1.52. The fraction of sp³-hybridized carbons (Fsp3) is 0.471. The first-order valence-corrected chi connectivity index (χ1v) is 8.20. The zero-order valence-corrected chi connectivity index (χ0v) is 13.3. The van der Waals surface area contributed by atoms with Gasteiger partial charge in [-0.15, -0.1) is 0 Å².